The van der Waals surface area contributed by atoms with Crippen molar-refractivity contribution in [3.63, 3.8) is 0 Å². The second-order valence-corrected chi connectivity index (χ2v) is 10.7. The van der Waals surface area contributed by atoms with Crippen molar-refractivity contribution in [2.75, 3.05) is 4.90 Å². The fourth-order valence-corrected chi connectivity index (χ4v) is 5.34. The van der Waals surface area contributed by atoms with Gasteiger partial charge in [0.15, 0.2) is 0 Å². The Kier molecular flexibility index (Phi) is 9.19. The van der Waals surface area contributed by atoms with Gasteiger partial charge in [-0.05, 0) is 74.1 Å². The lowest BCUT2D eigenvalue weighted by Crippen LogP contribution is -2.30. The molecule has 198 valence electrons. The van der Waals surface area contributed by atoms with E-state index in [0.717, 1.165) is 22.8 Å². The number of nitrogens with zero attached hydrogens (tertiary/aromatic N) is 2. The molecule has 0 amide bonds. The highest BCUT2D eigenvalue weighted by atomic mass is 32.1. The second kappa shape index (κ2) is 12.7. The van der Waals surface area contributed by atoms with Crippen LogP contribution in [0.4, 0.5) is 5.69 Å². The lowest BCUT2D eigenvalue weighted by molar-refractivity contribution is 0.0696. The van der Waals surface area contributed by atoms with Crippen LogP contribution in [0.25, 0.3) is 11.3 Å². The van der Waals surface area contributed by atoms with Crippen LogP contribution in [0.3, 0.4) is 0 Å². The Hall–Kier alpha value is -3.64. The minimum absolute atomic E-state index is 0.206. The summed E-state index contributed by atoms with van der Waals surface area (Å²) in [7, 11) is 0. The molecular weight excluding hydrogens is 492 g/mol. The Balaban J connectivity index is 1.40. The zero-order valence-corrected chi connectivity index (χ0v) is 23.4. The minimum Gasteiger partial charge on any atom is -0.486 e. The predicted octanol–water partition coefficient (Wildman–Crippen LogP) is 8.41. The van der Waals surface area contributed by atoms with Crippen LogP contribution in [0.2, 0.25) is 0 Å². The van der Waals surface area contributed by atoms with E-state index < -0.39 is 5.97 Å². The van der Waals surface area contributed by atoms with Crippen molar-refractivity contribution in [1.29, 1.82) is 0 Å². The molecule has 0 saturated heterocycles. The molecule has 0 fully saturated rings. The number of hydrogen-bond acceptors (Lipinski definition) is 5. The summed E-state index contributed by atoms with van der Waals surface area (Å²) in [5, 5.41) is 12.0. The maximum Gasteiger partial charge on any atom is 0.335 e. The van der Waals surface area contributed by atoms with Crippen molar-refractivity contribution in [1.82, 2.24) is 4.98 Å². The van der Waals surface area contributed by atoms with Crippen molar-refractivity contribution in [3.8, 4) is 17.0 Å². The van der Waals surface area contributed by atoms with Crippen molar-refractivity contribution in [2.24, 2.45) is 0 Å². The van der Waals surface area contributed by atoms with E-state index in [0.29, 0.717) is 24.3 Å². The van der Waals surface area contributed by atoms with Crippen molar-refractivity contribution in [2.45, 2.75) is 65.6 Å². The molecule has 0 saturated carbocycles. The van der Waals surface area contributed by atoms with Crippen LogP contribution in [0.5, 0.6) is 5.75 Å². The van der Waals surface area contributed by atoms with Crippen LogP contribution >= 0.6 is 11.3 Å². The number of carbonyl (C=O) groups is 1. The lowest BCUT2D eigenvalue weighted by atomic mass is 9.94. The maximum absolute atomic E-state index is 11.2. The number of hydrogen-bond donors (Lipinski definition) is 1. The molecule has 0 radical (unpaired) electrons. The Bertz CT molecular complexity index is 1330. The van der Waals surface area contributed by atoms with Gasteiger partial charge >= 0.3 is 5.97 Å². The largest absolute Gasteiger partial charge is 0.486 e. The van der Waals surface area contributed by atoms with Gasteiger partial charge in [0.25, 0.3) is 0 Å². The first-order valence-electron chi connectivity index (χ1n) is 13.2. The number of aromatic nitrogens is 1. The first kappa shape index (κ1) is 27.4. The normalized spacial score (nSPS) is 11.2. The number of ether oxygens (including phenoxy) is 1. The molecule has 38 heavy (non-hydrogen) atoms. The maximum atomic E-state index is 11.2. The summed E-state index contributed by atoms with van der Waals surface area (Å²) in [4.78, 5) is 18.3. The van der Waals surface area contributed by atoms with Crippen LogP contribution in [0.1, 0.15) is 72.9 Å². The van der Waals surface area contributed by atoms with Crippen molar-refractivity contribution in [3.05, 3.63) is 99.9 Å². The summed E-state index contributed by atoms with van der Waals surface area (Å²) >= 11 is 1.54. The van der Waals surface area contributed by atoms with Crippen LogP contribution in [0.15, 0.2) is 78.2 Å². The van der Waals surface area contributed by atoms with Gasteiger partial charge in [0.1, 0.15) is 17.4 Å². The Labute approximate surface area is 229 Å². The predicted molar refractivity (Wildman–Crippen MR) is 156 cm³/mol. The zero-order valence-electron chi connectivity index (χ0n) is 22.6. The topological polar surface area (TPSA) is 62.7 Å². The highest BCUT2D eigenvalue weighted by Gasteiger charge is 2.14. The summed E-state index contributed by atoms with van der Waals surface area (Å²) < 4.78 is 5.77. The van der Waals surface area contributed by atoms with Gasteiger partial charge in [0, 0.05) is 29.2 Å². The van der Waals surface area contributed by atoms with Gasteiger partial charge in [-0.1, -0.05) is 56.3 Å². The molecule has 6 heteroatoms. The fourth-order valence-electron chi connectivity index (χ4n) is 4.62. The molecule has 4 rings (SSSR count). The molecule has 0 unspecified atom stereocenters. The molecule has 3 aromatic carbocycles. The summed E-state index contributed by atoms with van der Waals surface area (Å²) in [5.41, 5.74) is 6.11. The fraction of sp³-hybridized carbons (Fsp3) is 0.312. The molecule has 1 aromatic heterocycles. The molecule has 0 aliphatic rings. The van der Waals surface area contributed by atoms with Gasteiger partial charge in [-0.2, -0.15) is 0 Å². The van der Waals surface area contributed by atoms with E-state index in [2.05, 4.69) is 81.1 Å². The van der Waals surface area contributed by atoms with Gasteiger partial charge in [-0.3, -0.25) is 0 Å². The van der Waals surface area contributed by atoms with Crippen LogP contribution < -0.4 is 9.64 Å². The monoisotopic (exact) mass is 528 g/mol. The molecular formula is C32H36N2O3S. The van der Waals surface area contributed by atoms with Gasteiger partial charge in [0.2, 0.25) is 0 Å². The molecule has 0 aliphatic heterocycles. The number of benzene rings is 3. The lowest BCUT2D eigenvalue weighted by Gasteiger charge is -2.30. The zero-order chi connectivity index (χ0) is 27.1. The van der Waals surface area contributed by atoms with Gasteiger partial charge in [0.05, 0.1) is 11.3 Å². The molecule has 5 nitrogen and oxygen atoms in total. The van der Waals surface area contributed by atoms with E-state index in [1.807, 2.05) is 5.38 Å². The quantitative estimate of drug-likeness (QED) is 0.200. The Morgan fingerprint density at radius 2 is 1.71 bits per heavy atom. The highest BCUT2D eigenvalue weighted by molar-refractivity contribution is 7.09. The van der Waals surface area contributed by atoms with E-state index in [9.17, 15) is 4.79 Å². The van der Waals surface area contributed by atoms with E-state index in [1.165, 1.54) is 47.1 Å². The van der Waals surface area contributed by atoms with Crippen LogP contribution in [0, 0.1) is 0 Å². The molecule has 1 heterocycles. The number of carboxylic acid groups (broad SMARTS) is 1. The molecule has 0 aliphatic carbocycles. The summed E-state index contributed by atoms with van der Waals surface area (Å²) in [6.45, 7) is 10.1. The Morgan fingerprint density at radius 3 is 2.34 bits per heavy atom. The number of rotatable bonds is 12. The smallest absolute Gasteiger partial charge is 0.335 e. The molecule has 0 spiro atoms. The van der Waals surface area contributed by atoms with E-state index in [1.54, 1.807) is 18.2 Å². The molecule has 0 bridgehead atoms. The molecule has 4 aromatic rings. The Morgan fingerprint density at radius 1 is 1.00 bits per heavy atom. The van der Waals surface area contributed by atoms with Crippen molar-refractivity contribution >= 4 is 23.0 Å². The first-order valence-corrected chi connectivity index (χ1v) is 14.1. The SMILES string of the molecule is CCC(CC)c1ccc(N(Cc2ccc(-c3csc(COc4cccc(C(=O)O)c4)n3)cc2)C(C)C)cc1. The third-order valence-corrected chi connectivity index (χ3v) is 7.73. The third-order valence-electron chi connectivity index (χ3n) is 6.90. The number of carboxylic acids is 1. The molecule has 0 atom stereocenters. The summed E-state index contributed by atoms with van der Waals surface area (Å²) in [6.07, 6.45) is 2.34. The highest BCUT2D eigenvalue weighted by Crippen LogP contribution is 2.28. The minimum atomic E-state index is -0.970. The second-order valence-electron chi connectivity index (χ2n) is 9.77. The summed E-state index contributed by atoms with van der Waals surface area (Å²) in [5.74, 6) is 0.179. The van der Waals surface area contributed by atoms with E-state index >= 15 is 0 Å². The van der Waals surface area contributed by atoms with Crippen LogP contribution in [-0.4, -0.2) is 22.1 Å². The van der Waals surface area contributed by atoms with Gasteiger partial charge in [-0.25, -0.2) is 9.78 Å². The van der Waals surface area contributed by atoms with E-state index in [-0.39, 0.29) is 5.56 Å². The van der Waals surface area contributed by atoms with E-state index in [4.69, 9.17) is 14.8 Å². The number of aromatic carboxylic acids is 1. The molecule has 1 N–H and O–H groups in total. The number of thiazole rings is 1. The average Bonchev–Trinajstić information content (AvgIpc) is 3.41. The summed E-state index contributed by atoms with van der Waals surface area (Å²) in [6, 6.07) is 24.6. The average molecular weight is 529 g/mol. The first-order chi connectivity index (χ1) is 18.4. The van der Waals surface area contributed by atoms with Gasteiger partial charge in [-0.15, -0.1) is 11.3 Å². The van der Waals surface area contributed by atoms with Crippen LogP contribution in [-0.2, 0) is 13.2 Å². The van der Waals surface area contributed by atoms with Gasteiger partial charge < -0.3 is 14.7 Å². The number of anilines is 1. The standard InChI is InChI=1S/C32H36N2O3S/c1-5-24(6-2)25-14-16-28(17-15-25)34(22(3)4)19-23-10-12-26(13-11-23)30-21-38-31(33-30)20-37-29-9-7-8-27(18-29)32(35)36/h7-18,21-22,24H,5-6,19-20H2,1-4H3,(H,35,36). The third kappa shape index (κ3) is 6.81. The van der Waals surface area contributed by atoms with Crippen molar-refractivity contribution < 1.29 is 14.6 Å².